The molecule has 0 fully saturated rings. The zero-order valence-electron chi connectivity index (χ0n) is 9.86. The van der Waals surface area contributed by atoms with E-state index in [4.69, 9.17) is 11.6 Å². The van der Waals surface area contributed by atoms with Gasteiger partial charge in [-0.2, -0.15) is 0 Å². The maximum atomic E-state index is 12.1. The lowest BCUT2D eigenvalue weighted by Gasteiger charge is -2.24. The zero-order chi connectivity index (χ0) is 13.3. The SMILES string of the molecule is CCC(C)(C)c1cc(Cl)cc(OC(F)(F)F)c1. The minimum absolute atomic E-state index is 0.239. The van der Waals surface area contributed by atoms with Gasteiger partial charge in [-0.3, -0.25) is 0 Å². The van der Waals surface area contributed by atoms with Crippen LogP contribution < -0.4 is 4.74 Å². The number of rotatable bonds is 3. The van der Waals surface area contributed by atoms with Crippen LogP contribution in [0, 0.1) is 0 Å². The Morgan fingerprint density at radius 1 is 1.18 bits per heavy atom. The predicted molar refractivity (Wildman–Crippen MR) is 61.5 cm³/mol. The van der Waals surface area contributed by atoms with Gasteiger partial charge in [0.25, 0.3) is 0 Å². The van der Waals surface area contributed by atoms with Gasteiger partial charge in [-0.1, -0.05) is 32.4 Å². The molecular formula is C12H14ClF3O. The van der Waals surface area contributed by atoms with Gasteiger partial charge in [0.05, 0.1) is 0 Å². The molecule has 0 amide bonds. The average molecular weight is 267 g/mol. The van der Waals surface area contributed by atoms with E-state index in [1.807, 2.05) is 20.8 Å². The molecule has 0 N–H and O–H groups in total. The molecule has 0 saturated heterocycles. The van der Waals surface area contributed by atoms with Gasteiger partial charge < -0.3 is 4.74 Å². The first-order chi connectivity index (χ1) is 7.64. The van der Waals surface area contributed by atoms with Crippen LogP contribution in [0.2, 0.25) is 5.02 Å². The first kappa shape index (κ1) is 14.2. The third-order valence-electron chi connectivity index (χ3n) is 2.77. The summed E-state index contributed by atoms with van der Waals surface area (Å²) in [5.74, 6) is -0.276. The Morgan fingerprint density at radius 2 is 1.76 bits per heavy atom. The lowest BCUT2D eigenvalue weighted by atomic mass is 9.82. The molecule has 0 heterocycles. The molecular weight excluding hydrogens is 253 g/mol. The molecule has 0 bridgehead atoms. The van der Waals surface area contributed by atoms with E-state index >= 15 is 0 Å². The first-order valence-electron chi connectivity index (χ1n) is 5.21. The van der Waals surface area contributed by atoms with Crippen LogP contribution in [0.3, 0.4) is 0 Å². The van der Waals surface area contributed by atoms with Gasteiger partial charge in [0, 0.05) is 5.02 Å². The maximum absolute atomic E-state index is 12.1. The largest absolute Gasteiger partial charge is 0.573 e. The molecule has 0 radical (unpaired) electrons. The van der Waals surface area contributed by atoms with Crippen LogP contribution in [0.25, 0.3) is 0 Å². The summed E-state index contributed by atoms with van der Waals surface area (Å²) in [7, 11) is 0. The highest BCUT2D eigenvalue weighted by atomic mass is 35.5. The molecule has 0 aromatic heterocycles. The van der Waals surface area contributed by atoms with Crippen LogP contribution >= 0.6 is 11.6 Å². The maximum Gasteiger partial charge on any atom is 0.573 e. The molecule has 1 aromatic rings. The molecule has 0 aliphatic rings. The number of ether oxygens (including phenoxy) is 1. The zero-order valence-corrected chi connectivity index (χ0v) is 10.6. The van der Waals surface area contributed by atoms with E-state index < -0.39 is 6.36 Å². The molecule has 0 aliphatic carbocycles. The summed E-state index contributed by atoms with van der Waals surface area (Å²) in [6.45, 7) is 5.84. The van der Waals surface area contributed by atoms with E-state index in [9.17, 15) is 13.2 Å². The van der Waals surface area contributed by atoms with Crippen molar-refractivity contribution in [2.45, 2.75) is 39.0 Å². The molecule has 1 nitrogen and oxygen atoms in total. The van der Waals surface area contributed by atoms with E-state index in [-0.39, 0.29) is 16.2 Å². The van der Waals surface area contributed by atoms with Crippen molar-refractivity contribution in [3.05, 3.63) is 28.8 Å². The third kappa shape index (κ3) is 4.11. The van der Waals surface area contributed by atoms with Crippen molar-refractivity contribution in [3.8, 4) is 5.75 Å². The summed E-state index contributed by atoms with van der Waals surface area (Å²) in [5.41, 5.74) is 0.487. The molecule has 17 heavy (non-hydrogen) atoms. The van der Waals surface area contributed by atoms with Gasteiger partial charge in [-0.25, -0.2) is 0 Å². The van der Waals surface area contributed by atoms with Gasteiger partial charge in [-0.05, 0) is 35.6 Å². The normalized spacial score (nSPS) is 12.6. The number of alkyl halides is 3. The molecule has 0 atom stereocenters. The molecule has 0 unspecified atom stereocenters. The van der Waals surface area contributed by atoms with Crippen LogP contribution in [0.1, 0.15) is 32.8 Å². The number of halogens is 4. The van der Waals surface area contributed by atoms with Crippen molar-refractivity contribution >= 4 is 11.6 Å². The number of benzene rings is 1. The highest BCUT2D eigenvalue weighted by Gasteiger charge is 2.32. The van der Waals surface area contributed by atoms with Crippen LogP contribution in [-0.2, 0) is 5.41 Å². The third-order valence-corrected chi connectivity index (χ3v) is 2.99. The minimum atomic E-state index is -4.70. The number of hydrogen-bond donors (Lipinski definition) is 0. The standard InChI is InChI=1S/C12H14ClF3O/c1-4-11(2,3)8-5-9(13)7-10(6-8)17-12(14,15)16/h5-7H,4H2,1-3H3. The number of hydrogen-bond acceptors (Lipinski definition) is 1. The van der Waals surface area contributed by atoms with Gasteiger partial charge in [0.15, 0.2) is 0 Å². The second-order valence-electron chi connectivity index (χ2n) is 4.46. The Bertz CT molecular complexity index is 399. The quantitative estimate of drug-likeness (QED) is 0.754. The van der Waals surface area contributed by atoms with Crippen LogP contribution in [0.15, 0.2) is 18.2 Å². The van der Waals surface area contributed by atoms with E-state index in [0.29, 0.717) is 0 Å². The molecule has 1 aromatic carbocycles. The highest BCUT2D eigenvalue weighted by Crippen LogP contribution is 2.34. The van der Waals surface area contributed by atoms with Crippen molar-refractivity contribution in [2.75, 3.05) is 0 Å². The van der Waals surface area contributed by atoms with Crippen molar-refractivity contribution in [3.63, 3.8) is 0 Å². The summed E-state index contributed by atoms with van der Waals surface area (Å²) >= 11 is 5.79. The fraction of sp³-hybridized carbons (Fsp3) is 0.500. The monoisotopic (exact) mass is 266 g/mol. The summed E-state index contributed by atoms with van der Waals surface area (Å²) in [5, 5.41) is 0.239. The molecule has 5 heteroatoms. The van der Waals surface area contributed by atoms with Gasteiger partial charge in [-0.15, -0.1) is 13.2 Å². The van der Waals surface area contributed by atoms with Crippen molar-refractivity contribution in [2.24, 2.45) is 0 Å². The predicted octanol–water partition coefficient (Wildman–Crippen LogP) is 4.93. The summed E-state index contributed by atoms with van der Waals surface area (Å²) in [6.07, 6.45) is -3.91. The van der Waals surface area contributed by atoms with Gasteiger partial charge in [0.2, 0.25) is 0 Å². The Kier molecular flexibility index (Phi) is 3.97. The summed E-state index contributed by atoms with van der Waals surface area (Å²) in [6, 6.07) is 4.20. The molecule has 96 valence electrons. The Hall–Kier alpha value is -0.900. The van der Waals surface area contributed by atoms with E-state index in [0.717, 1.165) is 18.1 Å². The lowest BCUT2D eigenvalue weighted by Crippen LogP contribution is -2.19. The molecule has 0 saturated carbocycles. The Balaban J connectivity index is 3.11. The second-order valence-corrected chi connectivity index (χ2v) is 4.90. The van der Waals surface area contributed by atoms with E-state index in [1.54, 1.807) is 6.07 Å². The van der Waals surface area contributed by atoms with Crippen LogP contribution in [-0.4, -0.2) is 6.36 Å². The van der Waals surface area contributed by atoms with Gasteiger partial charge in [0.1, 0.15) is 5.75 Å². The molecule has 0 aliphatic heterocycles. The van der Waals surface area contributed by atoms with Crippen molar-refractivity contribution in [1.29, 1.82) is 0 Å². The average Bonchev–Trinajstić information content (AvgIpc) is 2.14. The van der Waals surface area contributed by atoms with Crippen molar-refractivity contribution in [1.82, 2.24) is 0 Å². The first-order valence-corrected chi connectivity index (χ1v) is 5.58. The highest BCUT2D eigenvalue weighted by molar-refractivity contribution is 6.30. The lowest BCUT2D eigenvalue weighted by molar-refractivity contribution is -0.274. The second kappa shape index (κ2) is 4.77. The summed E-state index contributed by atoms with van der Waals surface area (Å²) < 4.78 is 40.2. The minimum Gasteiger partial charge on any atom is -0.406 e. The Labute approximate surface area is 104 Å². The fourth-order valence-electron chi connectivity index (χ4n) is 1.35. The Morgan fingerprint density at radius 3 is 2.24 bits per heavy atom. The van der Waals surface area contributed by atoms with E-state index in [1.165, 1.54) is 6.07 Å². The fourth-order valence-corrected chi connectivity index (χ4v) is 1.58. The van der Waals surface area contributed by atoms with Crippen LogP contribution in [0.4, 0.5) is 13.2 Å². The van der Waals surface area contributed by atoms with Crippen LogP contribution in [0.5, 0.6) is 5.75 Å². The van der Waals surface area contributed by atoms with Crippen molar-refractivity contribution < 1.29 is 17.9 Å². The summed E-state index contributed by atoms with van der Waals surface area (Å²) in [4.78, 5) is 0. The molecule has 0 spiro atoms. The molecule has 1 rings (SSSR count). The van der Waals surface area contributed by atoms with Gasteiger partial charge >= 0.3 is 6.36 Å². The van der Waals surface area contributed by atoms with E-state index in [2.05, 4.69) is 4.74 Å². The topological polar surface area (TPSA) is 9.23 Å². The smallest absolute Gasteiger partial charge is 0.406 e.